The minimum Gasteiger partial charge on any atom is -0.409 e. The summed E-state index contributed by atoms with van der Waals surface area (Å²) < 4.78 is 1.00. The number of hydrogen-bond donors (Lipinski definition) is 3. The van der Waals surface area contributed by atoms with Crippen molar-refractivity contribution in [2.24, 2.45) is 10.9 Å². The highest BCUT2D eigenvalue weighted by molar-refractivity contribution is 9.11. The lowest BCUT2D eigenvalue weighted by Gasteiger charge is -2.31. The summed E-state index contributed by atoms with van der Waals surface area (Å²) in [5.74, 6) is 0.208. The third-order valence-electron chi connectivity index (χ3n) is 3.52. The first kappa shape index (κ1) is 16.3. The van der Waals surface area contributed by atoms with E-state index in [4.69, 9.17) is 10.9 Å². The van der Waals surface area contributed by atoms with E-state index in [1.165, 1.54) is 11.3 Å². The first-order valence-corrected chi connectivity index (χ1v) is 8.36. The Bertz CT molecular complexity index is 519. The van der Waals surface area contributed by atoms with Crippen LogP contribution in [0.25, 0.3) is 0 Å². The number of rotatable bonds is 4. The highest BCUT2D eigenvalue weighted by Crippen LogP contribution is 2.27. The van der Waals surface area contributed by atoms with Crippen LogP contribution in [0.3, 0.4) is 0 Å². The Hall–Kier alpha value is -1.12. The average Bonchev–Trinajstić information content (AvgIpc) is 2.81. The van der Waals surface area contributed by atoms with E-state index in [-0.39, 0.29) is 17.8 Å². The van der Waals surface area contributed by atoms with E-state index >= 15 is 0 Å². The Morgan fingerprint density at radius 2 is 2.29 bits per heavy atom. The molecule has 4 N–H and O–H groups in total. The summed E-state index contributed by atoms with van der Waals surface area (Å²) in [6.07, 6.45) is 1.74. The van der Waals surface area contributed by atoms with Crippen LogP contribution >= 0.6 is 27.3 Å². The molecule has 0 spiro atoms. The van der Waals surface area contributed by atoms with Gasteiger partial charge < -0.3 is 16.3 Å². The number of halogens is 1. The van der Waals surface area contributed by atoms with Gasteiger partial charge in [-0.25, -0.2) is 0 Å². The molecule has 0 unspecified atom stereocenters. The minimum atomic E-state index is -0.0105. The van der Waals surface area contributed by atoms with Crippen molar-refractivity contribution in [3.63, 3.8) is 0 Å². The van der Waals surface area contributed by atoms with Gasteiger partial charge >= 0.3 is 0 Å². The zero-order valence-electron chi connectivity index (χ0n) is 11.8. The number of oxime groups is 1. The summed E-state index contributed by atoms with van der Waals surface area (Å²) >= 11 is 4.89. The minimum absolute atomic E-state index is 0.0105. The average molecular weight is 375 g/mol. The second-order valence-corrected chi connectivity index (χ2v) is 7.55. The van der Waals surface area contributed by atoms with Gasteiger partial charge in [0.2, 0.25) is 0 Å². The van der Waals surface area contributed by atoms with Crippen LogP contribution in [-0.4, -0.2) is 47.5 Å². The summed E-state index contributed by atoms with van der Waals surface area (Å²) in [5.41, 5.74) is 6.58. The van der Waals surface area contributed by atoms with E-state index in [9.17, 15) is 4.79 Å². The van der Waals surface area contributed by atoms with Gasteiger partial charge in [0.05, 0.1) is 15.2 Å². The van der Waals surface area contributed by atoms with Crippen molar-refractivity contribution in [1.29, 1.82) is 0 Å². The highest BCUT2D eigenvalue weighted by Gasteiger charge is 2.22. The Morgan fingerprint density at radius 1 is 1.62 bits per heavy atom. The molecule has 1 aliphatic heterocycles. The molecule has 1 aliphatic rings. The summed E-state index contributed by atoms with van der Waals surface area (Å²) in [7, 11) is 0. The number of carbonyl (C=O) groups is 1. The van der Waals surface area contributed by atoms with Crippen LogP contribution in [0, 0.1) is 6.92 Å². The largest absolute Gasteiger partial charge is 0.409 e. The van der Waals surface area contributed by atoms with E-state index in [0.717, 1.165) is 40.2 Å². The van der Waals surface area contributed by atoms with Gasteiger partial charge in [-0.15, -0.1) is 11.3 Å². The Kier molecular flexibility index (Phi) is 5.60. The lowest BCUT2D eigenvalue weighted by Crippen LogP contribution is -2.46. The van der Waals surface area contributed by atoms with Crippen LogP contribution in [0.5, 0.6) is 0 Å². The van der Waals surface area contributed by atoms with Crippen molar-refractivity contribution in [2.45, 2.75) is 25.8 Å². The number of hydrogen-bond acceptors (Lipinski definition) is 5. The van der Waals surface area contributed by atoms with Gasteiger partial charge in [-0.1, -0.05) is 5.16 Å². The van der Waals surface area contributed by atoms with Gasteiger partial charge in [0.15, 0.2) is 5.84 Å². The maximum atomic E-state index is 12.2. The lowest BCUT2D eigenvalue weighted by molar-refractivity contribution is 0.0918. The van der Waals surface area contributed by atoms with E-state index in [1.54, 1.807) is 0 Å². The monoisotopic (exact) mass is 374 g/mol. The van der Waals surface area contributed by atoms with Crippen molar-refractivity contribution >= 4 is 39.0 Å². The van der Waals surface area contributed by atoms with Crippen molar-refractivity contribution in [2.75, 3.05) is 19.6 Å². The lowest BCUT2D eigenvalue weighted by atomic mass is 10.0. The topological polar surface area (TPSA) is 91.0 Å². The standard InChI is InChI=1S/C13H19BrN4O2S/c1-8-6-10(21-12(8)14)13(19)16-9-2-4-18(5-3-9)7-11(15)17-20/h6,9,20H,2-5,7H2,1H3,(H2,15,17)(H,16,19). The van der Waals surface area contributed by atoms with Crippen molar-refractivity contribution in [1.82, 2.24) is 10.2 Å². The summed E-state index contributed by atoms with van der Waals surface area (Å²) in [6.45, 7) is 4.10. The normalized spacial score (nSPS) is 17.9. The fourth-order valence-corrected chi connectivity index (χ4v) is 3.76. The molecule has 2 heterocycles. The van der Waals surface area contributed by atoms with Gasteiger partial charge in [0.25, 0.3) is 5.91 Å². The molecule has 1 amide bonds. The predicted octanol–water partition coefficient (Wildman–Crippen LogP) is 1.76. The zero-order chi connectivity index (χ0) is 15.4. The van der Waals surface area contributed by atoms with Gasteiger partial charge in [-0.2, -0.15) is 0 Å². The molecule has 1 fully saturated rings. The van der Waals surface area contributed by atoms with Crippen LogP contribution in [0.4, 0.5) is 0 Å². The molecular formula is C13H19BrN4O2S. The van der Waals surface area contributed by atoms with E-state index in [2.05, 4.69) is 31.3 Å². The molecule has 1 aromatic rings. The molecule has 0 bridgehead atoms. The van der Waals surface area contributed by atoms with Crippen molar-refractivity contribution in [3.8, 4) is 0 Å². The van der Waals surface area contributed by atoms with Gasteiger partial charge in [0, 0.05) is 19.1 Å². The number of nitrogens with zero attached hydrogens (tertiary/aromatic N) is 2. The van der Waals surface area contributed by atoms with E-state index in [1.807, 2.05) is 13.0 Å². The first-order valence-electron chi connectivity index (χ1n) is 6.75. The molecule has 8 heteroatoms. The fraction of sp³-hybridized carbons (Fsp3) is 0.538. The first-order chi connectivity index (χ1) is 9.99. The number of nitrogens with one attached hydrogen (secondary N) is 1. The molecule has 0 aliphatic carbocycles. The molecule has 0 radical (unpaired) electrons. The number of likely N-dealkylation sites (tertiary alicyclic amines) is 1. The van der Waals surface area contributed by atoms with Crippen molar-refractivity contribution < 1.29 is 10.0 Å². The molecular weight excluding hydrogens is 356 g/mol. The second kappa shape index (κ2) is 7.24. The van der Waals surface area contributed by atoms with E-state index < -0.39 is 0 Å². The Morgan fingerprint density at radius 3 is 2.81 bits per heavy atom. The SMILES string of the molecule is Cc1cc(C(=O)NC2CCN(C/C(N)=N/O)CC2)sc1Br. The summed E-state index contributed by atoms with van der Waals surface area (Å²) in [4.78, 5) is 15.0. The molecule has 0 aromatic carbocycles. The number of carbonyl (C=O) groups excluding carboxylic acids is 1. The highest BCUT2D eigenvalue weighted by atomic mass is 79.9. The Balaban J connectivity index is 1.82. The van der Waals surface area contributed by atoms with Gasteiger partial charge in [-0.3, -0.25) is 9.69 Å². The molecule has 0 atom stereocenters. The molecule has 2 rings (SSSR count). The van der Waals surface area contributed by atoms with Crippen LogP contribution < -0.4 is 11.1 Å². The maximum Gasteiger partial charge on any atom is 0.261 e. The smallest absolute Gasteiger partial charge is 0.261 e. The second-order valence-electron chi connectivity index (χ2n) is 5.18. The van der Waals surface area contributed by atoms with Crippen LogP contribution in [0.2, 0.25) is 0 Å². The molecule has 1 aromatic heterocycles. The quantitative estimate of drug-likeness (QED) is 0.324. The number of thiophene rings is 1. The summed E-state index contributed by atoms with van der Waals surface area (Å²) in [5, 5.41) is 14.6. The molecule has 1 saturated heterocycles. The van der Waals surface area contributed by atoms with Gasteiger partial charge in [-0.05, 0) is 47.3 Å². The van der Waals surface area contributed by atoms with E-state index in [0.29, 0.717) is 6.54 Å². The number of amidine groups is 1. The third-order valence-corrected chi connectivity index (χ3v) is 5.65. The Labute approximate surface area is 136 Å². The molecule has 6 nitrogen and oxygen atoms in total. The van der Waals surface area contributed by atoms with Crippen LogP contribution in [-0.2, 0) is 0 Å². The number of aryl methyl sites for hydroxylation is 1. The molecule has 21 heavy (non-hydrogen) atoms. The molecule has 0 saturated carbocycles. The van der Waals surface area contributed by atoms with Crippen molar-refractivity contribution in [3.05, 3.63) is 20.3 Å². The number of nitrogens with two attached hydrogens (primary N) is 1. The third kappa shape index (κ3) is 4.42. The zero-order valence-corrected chi connectivity index (χ0v) is 14.2. The number of piperidine rings is 1. The molecule has 116 valence electrons. The van der Waals surface area contributed by atoms with Gasteiger partial charge in [0.1, 0.15) is 0 Å². The summed E-state index contributed by atoms with van der Waals surface area (Å²) in [6, 6.07) is 2.08. The predicted molar refractivity (Wildman–Crippen MR) is 87.1 cm³/mol. The number of amides is 1. The fourth-order valence-electron chi connectivity index (χ4n) is 2.32. The van der Waals surface area contributed by atoms with Crippen LogP contribution in [0.1, 0.15) is 28.1 Å². The maximum absolute atomic E-state index is 12.2. The van der Waals surface area contributed by atoms with Crippen LogP contribution in [0.15, 0.2) is 15.0 Å².